The Bertz CT molecular complexity index is 260. The molecular weight excluding hydrogens is 200 g/mol. The summed E-state index contributed by atoms with van der Waals surface area (Å²) in [6.07, 6.45) is 3.57. The molecule has 4 nitrogen and oxygen atoms in total. The Kier molecular flexibility index (Phi) is 4.34. The van der Waals surface area contributed by atoms with Crippen molar-refractivity contribution in [3.05, 3.63) is 0 Å². The molecule has 0 bridgehead atoms. The maximum Gasteiger partial charge on any atom is 0.213 e. The van der Waals surface area contributed by atoms with Crippen molar-refractivity contribution in [2.24, 2.45) is 5.92 Å². The maximum absolute atomic E-state index is 11.5. The molecule has 0 radical (unpaired) electrons. The van der Waals surface area contributed by atoms with Gasteiger partial charge in [0, 0.05) is 12.6 Å². The first-order valence-electron chi connectivity index (χ1n) is 5.20. The summed E-state index contributed by atoms with van der Waals surface area (Å²) in [6.45, 7) is 2.47. The van der Waals surface area contributed by atoms with Crippen LogP contribution in [0.25, 0.3) is 0 Å². The zero-order valence-corrected chi connectivity index (χ0v) is 9.73. The molecule has 0 amide bonds. The van der Waals surface area contributed by atoms with Gasteiger partial charge in [0.15, 0.2) is 0 Å². The first kappa shape index (κ1) is 11.9. The van der Waals surface area contributed by atoms with Gasteiger partial charge in [0.1, 0.15) is 0 Å². The lowest BCUT2D eigenvalue weighted by molar-refractivity contribution is 0.260. The fraction of sp³-hybridized carbons (Fsp3) is 1.00. The SMILES string of the molecule is CNCCS(=O)(=O)NC(C)C1CCC1. The second kappa shape index (κ2) is 5.09. The van der Waals surface area contributed by atoms with Crippen LogP contribution in [0.3, 0.4) is 0 Å². The summed E-state index contributed by atoms with van der Waals surface area (Å²) in [5.41, 5.74) is 0. The van der Waals surface area contributed by atoms with E-state index >= 15 is 0 Å². The van der Waals surface area contributed by atoms with Crippen molar-refractivity contribution in [3.8, 4) is 0 Å². The van der Waals surface area contributed by atoms with Gasteiger partial charge in [0.25, 0.3) is 0 Å². The van der Waals surface area contributed by atoms with Crippen molar-refractivity contribution in [2.45, 2.75) is 32.2 Å². The molecule has 0 aromatic rings. The van der Waals surface area contributed by atoms with Gasteiger partial charge in [-0.2, -0.15) is 0 Å². The minimum absolute atomic E-state index is 0.102. The van der Waals surface area contributed by atoms with Crippen molar-refractivity contribution >= 4 is 10.0 Å². The van der Waals surface area contributed by atoms with E-state index in [1.807, 2.05) is 6.92 Å². The van der Waals surface area contributed by atoms with Crippen LogP contribution in [0.4, 0.5) is 0 Å². The lowest BCUT2D eigenvalue weighted by Gasteiger charge is -2.31. The summed E-state index contributed by atoms with van der Waals surface area (Å²) < 4.78 is 25.7. The van der Waals surface area contributed by atoms with Crippen LogP contribution < -0.4 is 10.0 Å². The molecule has 14 heavy (non-hydrogen) atoms. The van der Waals surface area contributed by atoms with Crippen molar-refractivity contribution < 1.29 is 8.42 Å². The summed E-state index contributed by atoms with van der Waals surface area (Å²) >= 11 is 0. The summed E-state index contributed by atoms with van der Waals surface area (Å²) in [5, 5.41) is 2.84. The predicted molar refractivity (Wildman–Crippen MR) is 57.7 cm³/mol. The molecule has 0 aromatic heterocycles. The van der Waals surface area contributed by atoms with Crippen LogP contribution >= 0.6 is 0 Å². The van der Waals surface area contributed by atoms with Crippen LogP contribution in [-0.2, 0) is 10.0 Å². The van der Waals surface area contributed by atoms with Crippen LogP contribution in [0.2, 0.25) is 0 Å². The second-order valence-electron chi connectivity index (χ2n) is 4.02. The van der Waals surface area contributed by atoms with Crippen LogP contribution in [-0.4, -0.2) is 33.8 Å². The fourth-order valence-corrected chi connectivity index (χ4v) is 2.96. The smallest absolute Gasteiger partial charge is 0.213 e. The molecule has 0 spiro atoms. The van der Waals surface area contributed by atoms with Gasteiger partial charge in [-0.05, 0) is 32.7 Å². The quantitative estimate of drug-likeness (QED) is 0.677. The summed E-state index contributed by atoms with van der Waals surface area (Å²) in [4.78, 5) is 0. The molecule has 1 aliphatic rings. The third kappa shape index (κ3) is 3.55. The van der Waals surface area contributed by atoms with E-state index in [0.29, 0.717) is 12.5 Å². The fourth-order valence-electron chi connectivity index (χ4n) is 1.61. The average Bonchev–Trinajstić information content (AvgIpc) is 1.96. The number of sulfonamides is 1. The van der Waals surface area contributed by atoms with Gasteiger partial charge in [-0.1, -0.05) is 6.42 Å². The molecule has 1 saturated carbocycles. The molecule has 0 aliphatic heterocycles. The van der Waals surface area contributed by atoms with Gasteiger partial charge in [-0.25, -0.2) is 13.1 Å². The molecule has 1 unspecified atom stereocenters. The normalized spacial score (nSPS) is 20.4. The molecule has 1 rings (SSSR count). The maximum atomic E-state index is 11.5. The van der Waals surface area contributed by atoms with Crippen LogP contribution in [0.1, 0.15) is 26.2 Å². The zero-order chi connectivity index (χ0) is 10.6. The van der Waals surface area contributed by atoms with Crippen LogP contribution in [0, 0.1) is 5.92 Å². The first-order chi connectivity index (χ1) is 6.55. The van der Waals surface area contributed by atoms with Crippen molar-refractivity contribution in [3.63, 3.8) is 0 Å². The molecular formula is C9H20N2O2S. The number of nitrogens with one attached hydrogen (secondary N) is 2. The Morgan fingerprint density at radius 3 is 2.50 bits per heavy atom. The minimum Gasteiger partial charge on any atom is -0.319 e. The summed E-state index contributed by atoms with van der Waals surface area (Å²) in [6, 6.07) is 0.102. The molecule has 0 aromatic carbocycles. The molecule has 0 heterocycles. The lowest BCUT2D eigenvalue weighted by atomic mass is 9.81. The van der Waals surface area contributed by atoms with Gasteiger partial charge < -0.3 is 5.32 Å². The molecule has 2 N–H and O–H groups in total. The second-order valence-corrected chi connectivity index (χ2v) is 5.89. The van der Waals surface area contributed by atoms with E-state index in [-0.39, 0.29) is 11.8 Å². The summed E-state index contributed by atoms with van der Waals surface area (Å²) in [5.74, 6) is 0.722. The minimum atomic E-state index is -3.08. The summed E-state index contributed by atoms with van der Waals surface area (Å²) in [7, 11) is -1.32. The highest BCUT2D eigenvalue weighted by Crippen LogP contribution is 2.29. The number of hydrogen-bond acceptors (Lipinski definition) is 3. The van der Waals surface area contributed by atoms with Gasteiger partial charge in [-0.15, -0.1) is 0 Å². The van der Waals surface area contributed by atoms with E-state index in [4.69, 9.17) is 0 Å². The van der Waals surface area contributed by atoms with Gasteiger partial charge >= 0.3 is 0 Å². The van der Waals surface area contributed by atoms with Crippen molar-refractivity contribution in [1.82, 2.24) is 10.0 Å². The van der Waals surface area contributed by atoms with Gasteiger partial charge in [-0.3, -0.25) is 0 Å². The van der Waals surface area contributed by atoms with Gasteiger partial charge in [0.2, 0.25) is 10.0 Å². The molecule has 1 atom stereocenters. The highest BCUT2D eigenvalue weighted by atomic mass is 32.2. The predicted octanol–water partition coefficient (Wildman–Crippen LogP) is 0.314. The Morgan fingerprint density at radius 1 is 1.43 bits per heavy atom. The highest BCUT2D eigenvalue weighted by Gasteiger charge is 2.26. The third-order valence-electron chi connectivity index (χ3n) is 2.84. The van der Waals surface area contributed by atoms with Crippen molar-refractivity contribution in [1.29, 1.82) is 0 Å². The Labute approximate surface area is 86.5 Å². The zero-order valence-electron chi connectivity index (χ0n) is 8.91. The van der Waals surface area contributed by atoms with E-state index in [0.717, 1.165) is 12.8 Å². The largest absolute Gasteiger partial charge is 0.319 e. The topological polar surface area (TPSA) is 58.2 Å². The molecule has 0 saturated heterocycles. The molecule has 5 heteroatoms. The van der Waals surface area contributed by atoms with Crippen LogP contribution in [0.15, 0.2) is 0 Å². The molecule has 1 fully saturated rings. The van der Waals surface area contributed by atoms with E-state index in [2.05, 4.69) is 10.0 Å². The molecule has 84 valence electrons. The van der Waals surface area contributed by atoms with Gasteiger partial charge in [0.05, 0.1) is 5.75 Å². The monoisotopic (exact) mass is 220 g/mol. The van der Waals surface area contributed by atoms with Crippen LogP contribution in [0.5, 0.6) is 0 Å². The molecule has 1 aliphatic carbocycles. The standard InChI is InChI=1S/C9H20N2O2S/c1-8(9-4-3-5-9)11-14(12,13)7-6-10-2/h8-11H,3-7H2,1-2H3. The van der Waals surface area contributed by atoms with E-state index in [9.17, 15) is 8.42 Å². The lowest BCUT2D eigenvalue weighted by Crippen LogP contribution is -2.42. The Balaban J connectivity index is 2.33. The Hall–Kier alpha value is -0.130. The van der Waals surface area contributed by atoms with E-state index < -0.39 is 10.0 Å². The number of hydrogen-bond donors (Lipinski definition) is 2. The third-order valence-corrected chi connectivity index (χ3v) is 4.32. The number of rotatable bonds is 6. The van der Waals surface area contributed by atoms with Crippen molar-refractivity contribution in [2.75, 3.05) is 19.3 Å². The highest BCUT2D eigenvalue weighted by molar-refractivity contribution is 7.89. The van der Waals surface area contributed by atoms with E-state index in [1.165, 1.54) is 6.42 Å². The first-order valence-corrected chi connectivity index (χ1v) is 6.85. The Morgan fingerprint density at radius 2 is 2.07 bits per heavy atom. The van der Waals surface area contributed by atoms with E-state index in [1.54, 1.807) is 7.05 Å². The average molecular weight is 220 g/mol.